The third kappa shape index (κ3) is 3.08. The summed E-state index contributed by atoms with van der Waals surface area (Å²) < 4.78 is 35.0. The summed E-state index contributed by atoms with van der Waals surface area (Å²) in [4.78, 5) is -0.358. The molecule has 0 aromatic heterocycles. The molecule has 0 saturated carbocycles. The minimum Gasteiger partial charge on any atom is -0.489 e. The Labute approximate surface area is 87.0 Å². The molecule has 1 rings (SSSR count). The maximum Gasteiger partial charge on any atom is 0.294 e. The van der Waals surface area contributed by atoms with E-state index in [0.29, 0.717) is 0 Å². The van der Waals surface area contributed by atoms with E-state index in [1.807, 2.05) is 0 Å². The van der Waals surface area contributed by atoms with Gasteiger partial charge in [-0.1, -0.05) is 0 Å². The van der Waals surface area contributed by atoms with Gasteiger partial charge in [-0.15, -0.1) is 0 Å². The average molecular weight is 232 g/mol. The van der Waals surface area contributed by atoms with E-state index in [1.165, 1.54) is 6.07 Å². The van der Waals surface area contributed by atoms with E-state index in [9.17, 15) is 8.42 Å². The molecule has 7 heteroatoms. The molecule has 0 heterocycles. The number of nitrogens with one attached hydrogen (secondary N) is 1. The molecule has 83 valence electrons. The molecule has 0 unspecified atom stereocenters. The zero-order chi connectivity index (χ0) is 11.5. The lowest BCUT2D eigenvalue weighted by Gasteiger charge is -2.07. The van der Waals surface area contributed by atoms with Gasteiger partial charge in [0.15, 0.2) is 0 Å². The Hall–Kier alpha value is -1.31. The van der Waals surface area contributed by atoms with Gasteiger partial charge >= 0.3 is 0 Å². The number of rotatable bonds is 4. The summed E-state index contributed by atoms with van der Waals surface area (Å²) in [5.41, 5.74) is 7.22. The largest absolute Gasteiger partial charge is 0.489 e. The Bertz CT molecular complexity index is 442. The van der Waals surface area contributed by atoms with Crippen LogP contribution in [0.5, 0.6) is 5.75 Å². The normalized spacial score (nSPS) is 11.3. The van der Waals surface area contributed by atoms with Crippen molar-refractivity contribution in [3.63, 3.8) is 0 Å². The molecule has 0 spiro atoms. The highest BCUT2D eigenvalue weighted by molar-refractivity contribution is 7.85. The molecule has 6 nitrogen and oxygen atoms in total. The molecule has 0 aliphatic rings. The van der Waals surface area contributed by atoms with Crippen LogP contribution < -0.4 is 10.5 Å². The van der Waals surface area contributed by atoms with Gasteiger partial charge in [-0.05, 0) is 18.2 Å². The average Bonchev–Trinajstić information content (AvgIpc) is 2.14. The summed E-state index contributed by atoms with van der Waals surface area (Å²) in [6.45, 7) is -0.170. The number of hydrogen-bond acceptors (Lipinski definition) is 4. The van der Waals surface area contributed by atoms with Crippen molar-refractivity contribution in [1.29, 1.82) is 0 Å². The molecule has 1 aromatic rings. The minimum atomic E-state index is -4.29. The highest BCUT2D eigenvalue weighted by Crippen LogP contribution is 2.25. The predicted molar refractivity (Wildman–Crippen MR) is 51.6 cm³/mol. The second-order valence-corrected chi connectivity index (χ2v) is 4.13. The summed E-state index contributed by atoms with van der Waals surface area (Å²) >= 11 is 0. The van der Waals surface area contributed by atoms with E-state index in [2.05, 4.69) is 0 Å². The lowest BCUT2D eigenvalue weighted by atomic mass is 10.3. The fourth-order valence-corrected chi connectivity index (χ4v) is 1.46. The SMILES string of the molecule is [NH]c1cc(S(=O)(=O)O)ccc1OCCO. The first kappa shape index (κ1) is 11.8. The van der Waals surface area contributed by atoms with Crippen molar-refractivity contribution in [3.8, 4) is 5.75 Å². The standard InChI is InChI=1S/C8H10NO5S/c9-7-5-6(15(11,12)13)1-2-8(7)14-4-3-10/h1-2,5,9-10H,3-4H2,(H,11,12,13). The summed E-state index contributed by atoms with van der Waals surface area (Å²) in [7, 11) is -4.29. The maximum atomic E-state index is 10.7. The topological polar surface area (TPSA) is 108 Å². The first-order chi connectivity index (χ1) is 6.95. The molecule has 0 atom stereocenters. The minimum absolute atomic E-state index is 0.0249. The van der Waals surface area contributed by atoms with E-state index in [1.54, 1.807) is 0 Å². The fraction of sp³-hybridized carbons (Fsp3) is 0.250. The number of aliphatic hydroxyl groups excluding tert-OH is 1. The third-order valence-corrected chi connectivity index (χ3v) is 2.45. The van der Waals surface area contributed by atoms with Crippen LogP contribution in [0.3, 0.4) is 0 Å². The molecule has 0 amide bonds. The summed E-state index contributed by atoms with van der Waals surface area (Å²) in [6, 6.07) is 3.35. The number of benzene rings is 1. The van der Waals surface area contributed by atoms with Gasteiger partial charge in [0.2, 0.25) is 0 Å². The van der Waals surface area contributed by atoms with E-state index < -0.39 is 10.1 Å². The van der Waals surface area contributed by atoms with Gasteiger partial charge in [0.05, 0.1) is 17.2 Å². The van der Waals surface area contributed by atoms with Crippen LogP contribution in [0.25, 0.3) is 0 Å². The summed E-state index contributed by atoms with van der Waals surface area (Å²) in [5, 5.41) is 8.48. The highest BCUT2D eigenvalue weighted by Gasteiger charge is 2.12. The van der Waals surface area contributed by atoms with Gasteiger partial charge in [-0.3, -0.25) is 10.3 Å². The predicted octanol–water partition coefficient (Wildman–Crippen LogP) is 0.219. The van der Waals surface area contributed by atoms with Gasteiger partial charge in [-0.2, -0.15) is 8.42 Å². The monoisotopic (exact) mass is 232 g/mol. The molecule has 0 saturated heterocycles. The first-order valence-electron chi connectivity index (χ1n) is 4.02. The van der Waals surface area contributed by atoms with Crippen LogP contribution in [-0.4, -0.2) is 31.3 Å². The Morgan fingerprint density at radius 2 is 2.07 bits per heavy atom. The van der Waals surface area contributed by atoms with Gasteiger partial charge in [0.1, 0.15) is 12.4 Å². The zero-order valence-electron chi connectivity index (χ0n) is 7.67. The Morgan fingerprint density at radius 1 is 1.40 bits per heavy atom. The Morgan fingerprint density at radius 3 is 2.53 bits per heavy atom. The van der Waals surface area contributed by atoms with Gasteiger partial charge in [-0.25, -0.2) is 0 Å². The van der Waals surface area contributed by atoms with Crippen molar-refractivity contribution >= 4 is 15.8 Å². The van der Waals surface area contributed by atoms with Gasteiger partial charge < -0.3 is 9.84 Å². The zero-order valence-corrected chi connectivity index (χ0v) is 8.49. The van der Waals surface area contributed by atoms with Crippen molar-refractivity contribution in [2.24, 2.45) is 0 Å². The molecule has 3 N–H and O–H groups in total. The summed E-state index contributed by atoms with van der Waals surface area (Å²) in [6.07, 6.45) is 0. The van der Waals surface area contributed by atoms with Crippen molar-refractivity contribution < 1.29 is 22.8 Å². The smallest absolute Gasteiger partial charge is 0.294 e. The van der Waals surface area contributed by atoms with Crippen LogP contribution in [0.15, 0.2) is 23.1 Å². The molecular weight excluding hydrogens is 222 g/mol. The quantitative estimate of drug-likeness (QED) is 0.722. The van der Waals surface area contributed by atoms with E-state index >= 15 is 0 Å². The molecule has 0 aliphatic carbocycles. The van der Waals surface area contributed by atoms with E-state index in [4.69, 9.17) is 20.1 Å². The van der Waals surface area contributed by atoms with Crippen LogP contribution in [-0.2, 0) is 10.1 Å². The number of ether oxygens (including phenoxy) is 1. The van der Waals surface area contributed by atoms with Crippen molar-refractivity contribution in [2.75, 3.05) is 13.2 Å². The number of aliphatic hydroxyl groups is 1. The Kier molecular flexibility index (Phi) is 3.51. The van der Waals surface area contributed by atoms with E-state index in [0.717, 1.165) is 12.1 Å². The highest BCUT2D eigenvalue weighted by atomic mass is 32.2. The van der Waals surface area contributed by atoms with Crippen molar-refractivity contribution in [1.82, 2.24) is 5.73 Å². The lowest BCUT2D eigenvalue weighted by molar-refractivity contribution is 0.201. The van der Waals surface area contributed by atoms with Crippen LogP contribution in [0.4, 0.5) is 5.69 Å². The molecular formula is C8H10NO5S. The second kappa shape index (κ2) is 4.47. The molecule has 0 aliphatic heterocycles. The Balaban J connectivity index is 2.99. The van der Waals surface area contributed by atoms with Crippen LogP contribution in [0.2, 0.25) is 0 Å². The van der Waals surface area contributed by atoms with Gasteiger partial charge in [0.25, 0.3) is 10.1 Å². The lowest BCUT2D eigenvalue weighted by Crippen LogP contribution is -2.03. The first-order valence-corrected chi connectivity index (χ1v) is 5.46. The third-order valence-electron chi connectivity index (χ3n) is 1.60. The van der Waals surface area contributed by atoms with E-state index in [-0.39, 0.29) is 29.5 Å². The van der Waals surface area contributed by atoms with Gasteiger partial charge in [0, 0.05) is 0 Å². The van der Waals surface area contributed by atoms with Crippen LogP contribution in [0, 0.1) is 0 Å². The summed E-state index contributed by atoms with van der Waals surface area (Å²) in [5.74, 6) is 0.149. The molecule has 1 radical (unpaired) electrons. The van der Waals surface area contributed by atoms with Crippen LogP contribution >= 0.6 is 0 Å². The second-order valence-electron chi connectivity index (χ2n) is 2.71. The maximum absolute atomic E-state index is 10.7. The number of hydrogen-bond donors (Lipinski definition) is 2. The fourth-order valence-electron chi connectivity index (χ4n) is 0.951. The molecule has 15 heavy (non-hydrogen) atoms. The van der Waals surface area contributed by atoms with Crippen LogP contribution in [0.1, 0.15) is 0 Å². The van der Waals surface area contributed by atoms with Crippen molar-refractivity contribution in [3.05, 3.63) is 18.2 Å². The molecule has 1 aromatic carbocycles. The van der Waals surface area contributed by atoms with Crippen molar-refractivity contribution in [2.45, 2.75) is 4.90 Å². The molecule has 0 bridgehead atoms. The molecule has 0 fully saturated rings.